The van der Waals surface area contributed by atoms with Gasteiger partial charge in [-0.1, -0.05) is 12.1 Å². The maximum absolute atomic E-state index is 12.5. The first-order valence-electron chi connectivity index (χ1n) is 10.1. The highest BCUT2D eigenvalue weighted by Crippen LogP contribution is 2.24. The maximum Gasteiger partial charge on any atom is 0.227 e. The number of carbonyl (C=O) groups excluding carboxylic acids is 1. The molecular formula is C20H30N4O3S. The molecule has 0 radical (unpaired) electrons. The van der Waals surface area contributed by atoms with Gasteiger partial charge in [-0.2, -0.15) is 0 Å². The van der Waals surface area contributed by atoms with Gasteiger partial charge in [-0.25, -0.2) is 0 Å². The second kappa shape index (κ2) is 10.6. The summed E-state index contributed by atoms with van der Waals surface area (Å²) in [4.78, 5) is 17.0. The Morgan fingerprint density at radius 3 is 2.61 bits per heavy atom. The van der Waals surface area contributed by atoms with Crippen molar-refractivity contribution in [2.45, 2.75) is 19.3 Å². The second-order valence-corrected chi connectivity index (χ2v) is 7.69. The van der Waals surface area contributed by atoms with Crippen LogP contribution in [0.5, 0.6) is 5.75 Å². The molecule has 0 aromatic heterocycles. The van der Waals surface area contributed by atoms with Gasteiger partial charge in [0.2, 0.25) is 5.91 Å². The Bertz CT molecular complexity index is 659. The number of hydrogen-bond donors (Lipinski definition) is 3. The molecule has 1 amide bonds. The Morgan fingerprint density at radius 1 is 1.18 bits per heavy atom. The van der Waals surface area contributed by atoms with Crippen molar-refractivity contribution < 1.29 is 14.6 Å². The van der Waals surface area contributed by atoms with Gasteiger partial charge >= 0.3 is 0 Å². The number of phenolic OH excluding ortho intramolecular Hbond substituents is 1. The van der Waals surface area contributed by atoms with Gasteiger partial charge in [-0.3, -0.25) is 9.69 Å². The lowest BCUT2D eigenvalue weighted by Gasteiger charge is -2.33. The van der Waals surface area contributed by atoms with E-state index in [2.05, 4.69) is 20.4 Å². The first-order chi connectivity index (χ1) is 13.6. The minimum absolute atomic E-state index is 0.0365. The smallest absolute Gasteiger partial charge is 0.227 e. The van der Waals surface area contributed by atoms with Crippen LogP contribution in [0.3, 0.4) is 0 Å². The number of aromatic hydroxyl groups is 1. The van der Waals surface area contributed by atoms with Gasteiger partial charge in [0.05, 0.1) is 18.9 Å². The molecule has 2 saturated heterocycles. The zero-order valence-corrected chi connectivity index (χ0v) is 17.0. The van der Waals surface area contributed by atoms with E-state index in [1.165, 1.54) is 0 Å². The highest BCUT2D eigenvalue weighted by atomic mass is 32.1. The van der Waals surface area contributed by atoms with E-state index in [1.807, 2.05) is 0 Å². The lowest BCUT2D eigenvalue weighted by Crippen LogP contribution is -2.46. The third kappa shape index (κ3) is 6.05. The fraction of sp³-hybridized carbons (Fsp3) is 0.600. The molecule has 154 valence electrons. The molecule has 7 nitrogen and oxygen atoms in total. The highest BCUT2D eigenvalue weighted by molar-refractivity contribution is 7.80. The maximum atomic E-state index is 12.5. The van der Waals surface area contributed by atoms with E-state index in [9.17, 15) is 9.90 Å². The fourth-order valence-corrected chi connectivity index (χ4v) is 3.88. The molecule has 2 fully saturated rings. The topological polar surface area (TPSA) is 77.1 Å². The van der Waals surface area contributed by atoms with Gasteiger partial charge in [0.15, 0.2) is 5.11 Å². The van der Waals surface area contributed by atoms with Crippen molar-refractivity contribution in [3.63, 3.8) is 0 Å². The van der Waals surface area contributed by atoms with Crippen molar-refractivity contribution >= 4 is 28.9 Å². The number of nitrogens with zero attached hydrogens (tertiary/aromatic N) is 2. The summed E-state index contributed by atoms with van der Waals surface area (Å²) in [7, 11) is 0. The number of rotatable bonds is 6. The lowest BCUT2D eigenvalue weighted by molar-refractivity contribution is -0.121. The SMILES string of the molecule is O=C(Nc1ccccc1O)C1CCN(C(=S)NCCCN2CCOCC2)CC1. The van der Waals surface area contributed by atoms with E-state index in [-0.39, 0.29) is 17.6 Å². The summed E-state index contributed by atoms with van der Waals surface area (Å²) in [6, 6.07) is 6.80. The standard InChI is InChI=1S/C20H30N4O3S/c25-18-5-2-1-4-17(18)22-19(26)16-6-10-24(11-7-16)20(28)21-8-3-9-23-12-14-27-15-13-23/h1-2,4-5,16,25H,3,6-15H2,(H,21,28)(H,22,26). The van der Waals surface area contributed by atoms with Gasteiger partial charge < -0.3 is 25.4 Å². The number of morpholine rings is 1. The number of thiocarbonyl (C=S) groups is 1. The zero-order chi connectivity index (χ0) is 19.8. The first-order valence-corrected chi connectivity index (χ1v) is 10.5. The number of ether oxygens (including phenoxy) is 1. The van der Waals surface area contributed by atoms with Crippen molar-refractivity contribution in [3.8, 4) is 5.75 Å². The molecular weight excluding hydrogens is 376 g/mol. The van der Waals surface area contributed by atoms with Crippen molar-refractivity contribution in [1.29, 1.82) is 0 Å². The van der Waals surface area contributed by atoms with Crippen molar-refractivity contribution in [3.05, 3.63) is 24.3 Å². The van der Waals surface area contributed by atoms with Crippen molar-refractivity contribution in [2.75, 3.05) is 57.8 Å². The number of benzene rings is 1. The van der Waals surface area contributed by atoms with Crippen molar-refractivity contribution in [1.82, 2.24) is 15.1 Å². The van der Waals surface area contributed by atoms with Crippen LogP contribution in [0, 0.1) is 5.92 Å². The van der Waals surface area contributed by atoms with Crippen LogP contribution in [0.4, 0.5) is 5.69 Å². The van der Waals surface area contributed by atoms with E-state index in [0.717, 1.165) is 76.9 Å². The Hall–Kier alpha value is -1.90. The number of para-hydroxylation sites is 2. The molecule has 2 aliphatic heterocycles. The zero-order valence-electron chi connectivity index (χ0n) is 16.2. The number of piperidine rings is 1. The molecule has 3 rings (SSSR count). The monoisotopic (exact) mass is 406 g/mol. The van der Waals surface area contributed by atoms with Crippen LogP contribution >= 0.6 is 12.2 Å². The minimum atomic E-state index is -0.0556. The van der Waals surface area contributed by atoms with E-state index >= 15 is 0 Å². The number of hydrogen-bond acceptors (Lipinski definition) is 5. The summed E-state index contributed by atoms with van der Waals surface area (Å²) in [6.45, 7) is 7.16. The van der Waals surface area contributed by atoms with Crippen molar-refractivity contribution in [2.24, 2.45) is 5.92 Å². The van der Waals surface area contributed by atoms with Crippen LogP contribution in [0.2, 0.25) is 0 Å². The van der Waals surface area contributed by atoms with E-state index in [0.29, 0.717) is 5.69 Å². The van der Waals surface area contributed by atoms with Gasteiger partial charge in [-0.15, -0.1) is 0 Å². The Balaban J connectivity index is 1.33. The fourth-order valence-electron chi connectivity index (χ4n) is 3.59. The molecule has 2 aliphatic rings. The average Bonchev–Trinajstić information content (AvgIpc) is 2.73. The molecule has 8 heteroatoms. The van der Waals surface area contributed by atoms with E-state index in [1.54, 1.807) is 24.3 Å². The number of anilines is 1. The summed E-state index contributed by atoms with van der Waals surface area (Å²) >= 11 is 5.52. The number of nitrogens with one attached hydrogen (secondary N) is 2. The van der Waals surface area contributed by atoms with Gasteiger partial charge in [0.25, 0.3) is 0 Å². The molecule has 0 bridgehead atoms. The van der Waals surface area contributed by atoms with Crippen LogP contribution in [0.15, 0.2) is 24.3 Å². The highest BCUT2D eigenvalue weighted by Gasteiger charge is 2.26. The predicted molar refractivity (Wildman–Crippen MR) is 114 cm³/mol. The molecule has 0 unspecified atom stereocenters. The molecule has 1 aromatic carbocycles. The number of phenols is 1. The van der Waals surface area contributed by atoms with Gasteiger partial charge in [0.1, 0.15) is 5.75 Å². The predicted octanol–water partition coefficient (Wildman–Crippen LogP) is 1.64. The first kappa shape index (κ1) is 20.8. The number of likely N-dealkylation sites (tertiary alicyclic amines) is 1. The van der Waals surface area contributed by atoms with Crippen LogP contribution in [-0.2, 0) is 9.53 Å². The third-order valence-electron chi connectivity index (χ3n) is 5.35. The minimum Gasteiger partial charge on any atom is -0.506 e. The molecule has 0 saturated carbocycles. The summed E-state index contributed by atoms with van der Waals surface area (Å²) in [5, 5.41) is 16.8. The van der Waals surface area contributed by atoms with Gasteiger partial charge in [0, 0.05) is 38.6 Å². The van der Waals surface area contributed by atoms with Crippen LogP contribution in [-0.4, -0.2) is 78.4 Å². The molecule has 1 aromatic rings. The largest absolute Gasteiger partial charge is 0.506 e. The summed E-state index contributed by atoms with van der Waals surface area (Å²) in [5.41, 5.74) is 0.465. The van der Waals surface area contributed by atoms with Crippen LogP contribution < -0.4 is 10.6 Å². The summed E-state index contributed by atoms with van der Waals surface area (Å²) < 4.78 is 5.36. The van der Waals surface area contributed by atoms with Crippen LogP contribution in [0.1, 0.15) is 19.3 Å². The van der Waals surface area contributed by atoms with Crippen LogP contribution in [0.25, 0.3) is 0 Å². The quantitative estimate of drug-likeness (QED) is 0.377. The van der Waals surface area contributed by atoms with E-state index < -0.39 is 0 Å². The summed E-state index contributed by atoms with van der Waals surface area (Å²) in [5.74, 6) is 0.00116. The normalized spacial score (nSPS) is 18.6. The Kier molecular flexibility index (Phi) is 7.88. The average molecular weight is 407 g/mol. The molecule has 28 heavy (non-hydrogen) atoms. The molecule has 0 atom stereocenters. The number of carbonyl (C=O) groups is 1. The molecule has 0 spiro atoms. The molecule has 3 N–H and O–H groups in total. The van der Waals surface area contributed by atoms with Gasteiger partial charge in [-0.05, 0) is 50.2 Å². The Labute approximate surface area is 172 Å². The lowest BCUT2D eigenvalue weighted by atomic mass is 9.96. The second-order valence-electron chi connectivity index (χ2n) is 7.31. The Morgan fingerprint density at radius 2 is 1.89 bits per heavy atom. The molecule has 2 heterocycles. The third-order valence-corrected chi connectivity index (χ3v) is 5.75. The number of amides is 1. The molecule has 0 aliphatic carbocycles. The summed E-state index contributed by atoms with van der Waals surface area (Å²) in [6.07, 6.45) is 2.57. The van der Waals surface area contributed by atoms with E-state index in [4.69, 9.17) is 17.0 Å².